The van der Waals surface area contributed by atoms with E-state index in [0.29, 0.717) is 43.7 Å². The lowest BCUT2D eigenvalue weighted by Gasteiger charge is -2.38. The first-order chi connectivity index (χ1) is 14.3. The molecular formula is C22H26N6O2. The molecule has 0 N–H and O–H groups in total. The highest BCUT2D eigenvalue weighted by Gasteiger charge is 2.30. The first-order valence-electron chi connectivity index (χ1n) is 10.1. The van der Waals surface area contributed by atoms with E-state index in [9.17, 15) is 4.79 Å². The lowest BCUT2D eigenvalue weighted by atomic mass is 9.94. The van der Waals surface area contributed by atoms with Crippen LogP contribution in [0.2, 0.25) is 0 Å². The Morgan fingerprint density at radius 3 is 2.33 bits per heavy atom. The smallest absolute Gasteiger partial charge is 0.268 e. The predicted molar refractivity (Wildman–Crippen MR) is 114 cm³/mol. The van der Waals surface area contributed by atoms with Crippen molar-refractivity contribution in [1.82, 2.24) is 25.1 Å². The maximum atomic E-state index is 12.5. The van der Waals surface area contributed by atoms with Gasteiger partial charge in [-0.05, 0) is 19.1 Å². The summed E-state index contributed by atoms with van der Waals surface area (Å²) in [6, 6.07) is 9.63. The quantitative estimate of drug-likeness (QED) is 0.660. The molecule has 1 fully saturated rings. The summed E-state index contributed by atoms with van der Waals surface area (Å²) in [5, 5.41) is 8.34. The molecule has 3 aromatic rings. The van der Waals surface area contributed by atoms with E-state index in [1.807, 2.05) is 62.9 Å². The van der Waals surface area contributed by atoms with Crippen LogP contribution in [-0.2, 0) is 4.79 Å². The molecule has 30 heavy (non-hydrogen) atoms. The van der Waals surface area contributed by atoms with Crippen LogP contribution in [0.5, 0.6) is 0 Å². The van der Waals surface area contributed by atoms with E-state index in [-0.39, 0.29) is 11.3 Å². The molecule has 0 atom stereocenters. The van der Waals surface area contributed by atoms with Crippen LogP contribution in [0.1, 0.15) is 26.5 Å². The average molecular weight is 406 g/mol. The van der Waals surface area contributed by atoms with Crippen LogP contribution in [-0.4, -0.2) is 57.2 Å². The summed E-state index contributed by atoms with van der Waals surface area (Å²) in [7, 11) is 0. The molecule has 0 spiro atoms. The van der Waals surface area contributed by atoms with Crippen LogP contribution in [0.25, 0.3) is 23.0 Å². The third-order valence-electron chi connectivity index (χ3n) is 5.12. The van der Waals surface area contributed by atoms with Gasteiger partial charge in [-0.1, -0.05) is 39.0 Å². The minimum absolute atomic E-state index is 0.178. The Morgan fingerprint density at radius 1 is 1.00 bits per heavy atom. The second-order valence-electron chi connectivity index (χ2n) is 8.47. The van der Waals surface area contributed by atoms with Gasteiger partial charge in [0.15, 0.2) is 5.69 Å². The standard InChI is InChI=1S/C22H26N6O2/c1-15-18(20-26-25-19(30-20)16-8-6-5-7-9-16)24-17(14-23-15)27-10-12-28(13-11-27)21(29)22(2,3)4/h5-9,14H,10-13H2,1-4H3. The summed E-state index contributed by atoms with van der Waals surface area (Å²) < 4.78 is 5.87. The summed E-state index contributed by atoms with van der Waals surface area (Å²) in [5.74, 6) is 1.73. The molecule has 4 rings (SSSR count). The molecule has 156 valence electrons. The number of carbonyl (C=O) groups is 1. The Hall–Kier alpha value is -3.29. The number of aromatic nitrogens is 4. The molecule has 0 unspecified atom stereocenters. The molecule has 3 heterocycles. The van der Waals surface area contributed by atoms with Gasteiger partial charge in [0.1, 0.15) is 5.82 Å². The van der Waals surface area contributed by atoms with Crippen molar-refractivity contribution < 1.29 is 9.21 Å². The maximum absolute atomic E-state index is 12.5. The van der Waals surface area contributed by atoms with Crippen LogP contribution >= 0.6 is 0 Å². The number of anilines is 1. The Labute approximate surface area is 176 Å². The summed E-state index contributed by atoms with van der Waals surface area (Å²) in [5.41, 5.74) is 1.80. The van der Waals surface area contributed by atoms with Crippen LogP contribution < -0.4 is 4.90 Å². The van der Waals surface area contributed by atoms with E-state index in [4.69, 9.17) is 9.40 Å². The number of aryl methyl sites for hydroxylation is 1. The highest BCUT2D eigenvalue weighted by molar-refractivity contribution is 5.81. The fourth-order valence-electron chi connectivity index (χ4n) is 3.42. The molecule has 0 saturated carbocycles. The molecule has 0 aliphatic carbocycles. The summed E-state index contributed by atoms with van der Waals surface area (Å²) in [4.78, 5) is 25.8. The molecule has 1 amide bonds. The second kappa shape index (κ2) is 7.85. The summed E-state index contributed by atoms with van der Waals surface area (Å²) >= 11 is 0. The van der Waals surface area contributed by atoms with Crippen LogP contribution in [0, 0.1) is 12.3 Å². The van der Waals surface area contributed by atoms with Gasteiger partial charge < -0.3 is 14.2 Å². The van der Waals surface area contributed by atoms with E-state index < -0.39 is 0 Å². The Morgan fingerprint density at radius 2 is 1.67 bits per heavy atom. The fraction of sp³-hybridized carbons (Fsp3) is 0.409. The van der Waals surface area contributed by atoms with Gasteiger partial charge >= 0.3 is 0 Å². The zero-order valence-corrected chi connectivity index (χ0v) is 17.8. The van der Waals surface area contributed by atoms with Crippen molar-refractivity contribution in [3.05, 3.63) is 42.2 Å². The molecule has 1 saturated heterocycles. The van der Waals surface area contributed by atoms with Crippen LogP contribution in [0.15, 0.2) is 40.9 Å². The van der Waals surface area contributed by atoms with E-state index >= 15 is 0 Å². The molecular weight excluding hydrogens is 380 g/mol. The number of benzene rings is 1. The minimum atomic E-state index is -0.368. The molecule has 2 aromatic heterocycles. The van der Waals surface area contributed by atoms with Crippen molar-refractivity contribution >= 4 is 11.7 Å². The first-order valence-corrected chi connectivity index (χ1v) is 10.1. The van der Waals surface area contributed by atoms with Crippen LogP contribution in [0.4, 0.5) is 5.82 Å². The van der Waals surface area contributed by atoms with Gasteiger partial charge in [-0.3, -0.25) is 9.78 Å². The van der Waals surface area contributed by atoms with Crippen LogP contribution in [0.3, 0.4) is 0 Å². The highest BCUT2D eigenvalue weighted by Crippen LogP contribution is 2.26. The zero-order chi connectivity index (χ0) is 21.3. The first kappa shape index (κ1) is 20.0. The fourth-order valence-corrected chi connectivity index (χ4v) is 3.42. The topological polar surface area (TPSA) is 88.3 Å². The van der Waals surface area contributed by atoms with Gasteiger partial charge in [0.05, 0.1) is 11.9 Å². The third-order valence-corrected chi connectivity index (χ3v) is 5.12. The Kier molecular flexibility index (Phi) is 5.24. The monoisotopic (exact) mass is 406 g/mol. The van der Waals surface area contributed by atoms with Gasteiger partial charge in [-0.25, -0.2) is 4.98 Å². The van der Waals surface area contributed by atoms with E-state index in [1.54, 1.807) is 6.20 Å². The third kappa shape index (κ3) is 4.03. The normalized spacial score (nSPS) is 14.8. The summed E-state index contributed by atoms with van der Waals surface area (Å²) in [6.45, 7) is 10.5. The second-order valence-corrected chi connectivity index (χ2v) is 8.47. The molecule has 8 nitrogen and oxygen atoms in total. The lowest BCUT2D eigenvalue weighted by molar-refractivity contribution is -0.139. The average Bonchev–Trinajstić information content (AvgIpc) is 3.24. The van der Waals surface area contributed by atoms with Crippen molar-refractivity contribution in [2.24, 2.45) is 5.41 Å². The van der Waals surface area contributed by atoms with Gasteiger partial charge in [-0.15, -0.1) is 10.2 Å². The van der Waals surface area contributed by atoms with Crippen molar-refractivity contribution in [2.45, 2.75) is 27.7 Å². The van der Waals surface area contributed by atoms with Gasteiger partial charge in [0.25, 0.3) is 5.89 Å². The van der Waals surface area contributed by atoms with Gasteiger partial charge in [-0.2, -0.15) is 0 Å². The Bertz CT molecular complexity index is 1030. The number of hydrogen-bond donors (Lipinski definition) is 0. The highest BCUT2D eigenvalue weighted by atomic mass is 16.4. The number of hydrogen-bond acceptors (Lipinski definition) is 7. The number of nitrogens with zero attached hydrogens (tertiary/aromatic N) is 6. The zero-order valence-electron chi connectivity index (χ0n) is 17.8. The molecule has 1 aromatic carbocycles. The number of piperazine rings is 1. The van der Waals surface area contributed by atoms with Gasteiger partial charge in [0, 0.05) is 37.2 Å². The number of rotatable bonds is 3. The Balaban J connectivity index is 1.52. The molecule has 1 aliphatic rings. The molecule has 8 heteroatoms. The molecule has 0 radical (unpaired) electrons. The largest absolute Gasteiger partial charge is 0.415 e. The van der Waals surface area contributed by atoms with E-state index in [2.05, 4.69) is 20.1 Å². The van der Waals surface area contributed by atoms with Gasteiger partial charge in [0.2, 0.25) is 11.8 Å². The van der Waals surface area contributed by atoms with E-state index in [1.165, 1.54) is 0 Å². The SMILES string of the molecule is Cc1ncc(N2CCN(C(=O)C(C)(C)C)CC2)nc1-c1nnc(-c2ccccc2)o1. The molecule has 1 aliphatic heterocycles. The predicted octanol–water partition coefficient (Wildman–Crippen LogP) is 3.20. The van der Waals surface area contributed by atoms with Crippen molar-refractivity contribution in [1.29, 1.82) is 0 Å². The minimum Gasteiger partial charge on any atom is -0.415 e. The molecule has 0 bridgehead atoms. The maximum Gasteiger partial charge on any atom is 0.268 e. The van der Waals surface area contributed by atoms with Crippen molar-refractivity contribution in [3.8, 4) is 23.0 Å². The lowest BCUT2D eigenvalue weighted by Crippen LogP contribution is -2.51. The van der Waals surface area contributed by atoms with Crippen molar-refractivity contribution in [3.63, 3.8) is 0 Å². The number of amides is 1. The summed E-state index contributed by atoms with van der Waals surface area (Å²) in [6.07, 6.45) is 1.76. The number of carbonyl (C=O) groups excluding carboxylic acids is 1. The van der Waals surface area contributed by atoms with Crippen molar-refractivity contribution in [2.75, 3.05) is 31.1 Å². The van der Waals surface area contributed by atoms with E-state index in [0.717, 1.165) is 17.1 Å².